The van der Waals surface area contributed by atoms with Crippen molar-refractivity contribution in [2.24, 2.45) is 5.92 Å². The molecule has 1 fully saturated rings. The number of anilines is 1. The second-order valence-electron chi connectivity index (χ2n) is 4.69. The summed E-state index contributed by atoms with van der Waals surface area (Å²) in [4.78, 5) is 0. The third-order valence-corrected chi connectivity index (χ3v) is 3.55. The molecule has 2 aliphatic heterocycles. The molecule has 2 heterocycles. The van der Waals surface area contributed by atoms with Crippen LogP contribution in [-0.2, 0) is 11.2 Å². The van der Waals surface area contributed by atoms with Crippen LogP contribution >= 0.6 is 0 Å². The van der Waals surface area contributed by atoms with Crippen LogP contribution in [-0.4, -0.2) is 19.3 Å². The fraction of sp³-hybridized carbons (Fsp3) is 0.538. The highest BCUT2D eigenvalue weighted by Gasteiger charge is 2.30. The molecule has 0 spiro atoms. The van der Waals surface area contributed by atoms with Crippen molar-refractivity contribution in [3.8, 4) is 5.75 Å². The molecule has 0 aromatic heterocycles. The quantitative estimate of drug-likeness (QED) is 0.735. The SMILES string of the molecule is Nc1ccc2c(c1)CC[C@@H](C1CCOC1)O2. The number of nitrogen functional groups attached to an aromatic ring is 1. The van der Waals surface area contributed by atoms with E-state index in [4.69, 9.17) is 15.2 Å². The summed E-state index contributed by atoms with van der Waals surface area (Å²) in [6.07, 6.45) is 3.62. The molecule has 3 nitrogen and oxygen atoms in total. The van der Waals surface area contributed by atoms with Gasteiger partial charge in [0.15, 0.2) is 0 Å². The van der Waals surface area contributed by atoms with Gasteiger partial charge >= 0.3 is 0 Å². The van der Waals surface area contributed by atoms with Crippen molar-refractivity contribution in [2.45, 2.75) is 25.4 Å². The van der Waals surface area contributed by atoms with Gasteiger partial charge in [-0.25, -0.2) is 0 Å². The Labute approximate surface area is 95.5 Å². The molecule has 1 saturated heterocycles. The number of ether oxygens (including phenoxy) is 2. The summed E-state index contributed by atoms with van der Waals surface area (Å²) in [6, 6.07) is 5.93. The zero-order valence-corrected chi connectivity index (χ0v) is 9.32. The molecule has 2 atom stereocenters. The van der Waals surface area contributed by atoms with Gasteiger partial charge in [0.1, 0.15) is 11.9 Å². The van der Waals surface area contributed by atoms with Crippen LogP contribution in [0.2, 0.25) is 0 Å². The van der Waals surface area contributed by atoms with Gasteiger partial charge in [-0.05, 0) is 43.0 Å². The van der Waals surface area contributed by atoms with Gasteiger partial charge in [0.2, 0.25) is 0 Å². The van der Waals surface area contributed by atoms with E-state index in [1.807, 2.05) is 18.2 Å². The summed E-state index contributed by atoms with van der Waals surface area (Å²) in [6.45, 7) is 1.74. The molecule has 1 unspecified atom stereocenters. The summed E-state index contributed by atoms with van der Waals surface area (Å²) in [5.41, 5.74) is 7.83. The summed E-state index contributed by atoms with van der Waals surface area (Å²) in [5.74, 6) is 1.59. The smallest absolute Gasteiger partial charge is 0.123 e. The Kier molecular flexibility index (Phi) is 2.48. The first-order valence-electron chi connectivity index (χ1n) is 5.96. The van der Waals surface area contributed by atoms with Gasteiger partial charge in [-0.3, -0.25) is 0 Å². The summed E-state index contributed by atoms with van der Waals surface area (Å²) < 4.78 is 11.5. The molecule has 86 valence electrons. The van der Waals surface area contributed by atoms with E-state index in [1.165, 1.54) is 5.56 Å². The highest BCUT2D eigenvalue weighted by atomic mass is 16.5. The van der Waals surface area contributed by atoms with Gasteiger partial charge in [0.25, 0.3) is 0 Å². The van der Waals surface area contributed by atoms with Crippen LogP contribution in [0.15, 0.2) is 18.2 Å². The fourth-order valence-corrected chi connectivity index (χ4v) is 2.61. The maximum Gasteiger partial charge on any atom is 0.123 e. The van der Waals surface area contributed by atoms with Crippen LogP contribution in [0.4, 0.5) is 5.69 Å². The first-order valence-corrected chi connectivity index (χ1v) is 5.96. The first kappa shape index (κ1) is 9.97. The van der Waals surface area contributed by atoms with Crippen LogP contribution in [0, 0.1) is 5.92 Å². The average Bonchev–Trinajstić information content (AvgIpc) is 2.82. The predicted molar refractivity (Wildman–Crippen MR) is 62.5 cm³/mol. The molecule has 16 heavy (non-hydrogen) atoms. The van der Waals surface area contributed by atoms with Crippen LogP contribution in [0.3, 0.4) is 0 Å². The third kappa shape index (κ3) is 1.76. The normalized spacial score (nSPS) is 28.5. The molecule has 0 bridgehead atoms. The Balaban J connectivity index is 1.78. The number of aryl methyl sites for hydroxylation is 1. The van der Waals surface area contributed by atoms with E-state index >= 15 is 0 Å². The van der Waals surface area contributed by atoms with Crippen LogP contribution in [0.25, 0.3) is 0 Å². The Hall–Kier alpha value is -1.22. The number of nitrogens with two attached hydrogens (primary N) is 1. The number of hydrogen-bond donors (Lipinski definition) is 1. The molecule has 0 saturated carbocycles. The van der Waals surface area contributed by atoms with Crippen molar-refractivity contribution in [2.75, 3.05) is 18.9 Å². The van der Waals surface area contributed by atoms with E-state index in [2.05, 4.69) is 0 Å². The molecule has 1 aromatic carbocycles. The highest BCUT2D eigenvalue weighted by molar-refractivity contribution is 5.48. The molecule has 2 aliphatic rings. The van der Waals surface area contributed by atoms with Crippen molar-refractivity contribution < 1.29 is 9.47 Å². The van der Waals surface area contributed by atoms with Crippen molar-refractivity contribution in [1.82, 2.24) is 0 Å². The predicted octanol–water partition coefficient (Wildman–Crippen LogP) is 2.00. The first-order chi connectivity index (χ1) is 7.83. The van der Waals surface area contributed by atoms with Gasteiger partial charge in [0.05, 0.1) is 6.61 Å². The lowest BCUT2D eigenvalue weighted by Gasteiger charge is -2.29. The molecular formula is C13H17NO2. The zero-order valence-electron chi connectivity index (χ0n) is 9.32. The lowest BCUT2D eigenvalue weighted by atomic mass is 9.92. The monoisotopic (exact) mass is 219 g/mol. The second-order valence-corrected chi connectivity index (χ2v) is 4.69. The maximum absolute atomic E-state index is 6.04. The zero-order chi connectivity index (χ0) is 11.0. The Bertz CT molecular complexity index is 386. The topological polar surface area (TPSA) is 44.5 Å². The minimum atomic E-state index is 0.332. The summed E-state index contributed by atoms with van der Waals surface area (Å²) in [7, 11) is 0. The van der Waals surface area contributed by atoms with Crippen LogP contribution < -0.4 is 10.5 Å². The lowest BCUT2D eigenvalue weighted by Crippen LogP contribution is -2.31. The minimum Gasteiger partial charge on any atom is -0.490 e. The van der Waals surface area contributed by atoms with E-state index in [9.17, 15) is 0 Å². The Morgan fingerprint density at radius 2 is 2.19 bits per heavy atom. The van der Waals surface area contributed by atoms with Crippen LogP contribution in [0.1, 0.15) is 18.4 Å². The molecular weight excluding hydrogens is 202 g/mol. The van der Waals surface area contributed by atoms with Crippen molar-refractivity contribution >= 4 is 5.69 Å². The number of hydrogen-bond acceptors (Lipinski definition) is 3. The lowest BCUT2D eigenvalue weighted by molar-refractivity contribution is 0.0941. The third-order valence-electron chi connectivity index (χ3n) is 3.55. The van der Waals surface area contributed by atoms with E-state index in [0.717, 1.165) is 43.9 Å². The molecule has 0 aliphatic carbocycles. The molecule has 2 N–H and O–H groups in total. The molecule has 3 heteroatoms. The van der Waals surface area contributed by atoms with Crippen molar-refractivity contribution in [1.29, 1.82) is 0 Å². The highest BCUT2D eigenvalue weighted by Crippen LogP contribution is 2.33. The standard InChI is InChI=1S/C13H17NO2/c14-11-2-4-12-9(7-11)1-3-13(16-12)10-5-6-15-8-10/h2,4,7,10,13H,1,3,5-6,8,14H2/t10?,13-/m0/s1. The minimum absolute atomic E-state index is 0.332. The molecule has 3 rings (SSSR count). The molecule has 0 radical (unpaired) electrons. The Morgan fingerprint density at radius 3 is 3.00 bits per heavy atom. The van der Waals surface area contributed by atoms with Crippen LogP contribution in [0.5, 0.6) is 5.75 Å². The molecule has 0 amide bonds. The second kappa shape index (κ2) is 3.98. The van der Waals surface area contributed by atoms with Gasteiger partial charge in [-0.1, -0.05) is 0 Å². The average molecular weight is 219 g/mol. The van der Waals surface area contributed by atoms with E-state index in [1.54, 1.807) is 0 Å². The number of benzene rings is 1. The van der Waals surface area contributed by atoms with Gasteiger partial charge in [-0.15, -0.1) is 0 Å². The Morgan fingerprint density at radius 1 is 1.25 bits per heavy atom. The largest absolute Gasteiger partial charge is 0.490 e. The summed E-state index contributed by atoms with van der Waals surface area (Å²) >= 11 is 0. The number of rotatable bonds is 1. The van der Waals surface area contributed by atoms with E-state index in [-0.39, 0.29) is 0 Å². The summed E-state index contributed by atoms with van der Waals surface area (Å²) in [5, 5.41) is 0. The van der Waals surface area contributed by atoms with E-state index in [0.29, 0.717) is 12.0 Å². The number of fused-ring (bicyclic) bond motifs is 1. The van der Waals surface area contributed by atoms with Gasteiger partial charge in [0, 0.05) is 18.2 Å². The van der Waals surface area contributed by atoms with E-state index < -0.39 is 0 Å². The maximum atomic E-state index is 6.04. The molecule has 1 aromatic rings. The van der Waals surface area contributed by atoms with Crippen molar-refractivity contribution in [3.05, 3.63) is 23.8 Å². The van der Waals surface area contributed by atoms with Gasteiger partial charge < -0.3 is 15.2 Å². The van der Waals surface area contributed by atoms with Gasteiger partial charge in [-0.2, -0.15) is 0 Å². The fourth-order valence-electron chi connectivity index (χ4n) is 2.61. The van der Waals surface area contributed by atoms with Crippen molar-refractivity contribution in [3.63, 3.8) is 0 Å².